The van der Waals surface area contributed by atoms with Crippen molar-refractivity contribution in [3.05, 3.63) is 0 Å². The third kappa shape index (κ3) is 2.61. The molecule has 0 aromatic rings. The van der Waals surface area contributed by atoms with Crippen molar-refractivity contribution in [1.82, 2.24) is 5.32 Å². The molecule has 0 spiro atoms. The largest absolute Gasteiger partial charge is 0.466 e. The molecule has 1 heterocycles. The predicted octanol–water partition coefficient (Wildman–Crippen LogP) is 1.55. The van der Waals surface area contributed by atoms with Gasteiger partial charge in [-0.1, -0.05) is 0 Å². The summed E-state index contributed by atoms with van der Waals surface area (Å²) in [6, 6.07) is 0. The number of esters is 1. The predicted molar refractivity (Wildman–Crippen MR) is 56.5 cm³/mol. The van der Waals surface area contributed by atoms with Gasteiger partial charge < -0.3 is 10.1 Å². The molecule has 3 nitrogen and oxygen atoms in total. The molecule has 82 valence electrons. The van der Waals surface area contributed by atoms with E-state index in [2.05, 4.69) is 5.32 Å². The van der Waals surface area contributed by atoms with Crippen molar-refractivity contribution in [2.75, 3.05) is 25.6 Å². The number of nitrogens with one attached hydrogen (secondary N) is 1. The summed E-state index contributed by atoms with van der Waals surface area (Å²) in [5.41, 5.74) is -0.316. The van der Waals surface area contributed by atoms with Gasteiger partial charge in [0, 0.05) is 5.88 Å². The number of carbonyl (C=O) groups excluding carboxylic acids is 1. The Kier molecular flexibility index (Phi) is 4.69. The summed E-state index contributed by atoms with van der Waals surface area (Å²) in [5.74, 6) is 0.459. The van der Waals surface area contributed by atoms with Crippen LogP contribution in [0.2, 0.25) is 0 Å². The van der Waals surface area contributed by atoms with Crippen molar-refractivity contribution in [3.8, 4) is 0 Å². The fraction of sp³-hybridized carbons (Fsp3) is 0.900. The highest BCUT2D eigenvalue weighted by Crippen LogP contribution is 2.34. The van der Waals surface area contributed by atoms with Crippen molar-refractivity contribution in [2.45, 2.75) is 26.2 Å². The number of halogens is 1. The minimum Gasteiger partial charge on any atom is -0.466 e. The van der Waals surface area contributed by atoms with Gasteiger partial charge in [-0.15, -0.1) is 11.6 Å². The van der Waals surface area contributed by atoms with E-state index in [1.165, 1.54) is 0 Å². The van der Waals surface area contributed by atoms with Crippen molar-refractivity contribution in [2.24, 2.45) is 5.41 Å². The molecule has 0 unspecified atom stereocenters. The lowest BCUT2D eigenvalue weighted by Gasteiger charge is -2.34. The van der Waals surface area contributed by atoms with Gasteiger partial charge >= 0.3 is 5.97 Å². The maximum absolute atomic E-state index is 11.8. The lowest BCUT2D eigenvalue weighted by molar-refractivity contribution is -0.157. The van der Waals surface area contributed by atoms with Crippen LogP contribution in [-0.2, 0) is 9.53 Å². The molecule has 1 fully saturated rings. The first-order valence-corrected chi connectivity index (χ1v) is 5.72. The maximum Gasteiger partial charge on any atom is 0.312 e. The minimum absolute atomic E-state index is 0.0675. The molecule has 1 rings (SSSR count). The Labute approximate surface area is 90.1 Å². The summed E-state index contributed by atoms with van der Waals surface area (Å²) < 4.78 is 5.11. The third-order valence-corrected chi connectivity index (χ3v) is 3.03. The third-order valence-electron chi connectivity index (χ3n) is 2.84. The summed E-state index contributed by atoms with van der Waals surface area (Å²) in [5, 5.41) is 3.24. The Bertz CT molecular complexity index is 185. The van der Waals surface area contributed by atoms with Crippen LogP contribution >= 0.6 is 11.6 Å². The molecule has 0 aromatic heterocycles. The maximum atomic E-state index is 11.8. The van der Waals surface area contributed by atoms with Crippen molar-refractivity contribution in [1.29, 1.82) is 0 Å². The molecule has 4 heteroatoms. The van der Waals surface area contributed by atoms with E-state index in [4.69, 9.17) is 16.3 Å². The van der Waals surface area contributed by atoms with E-state index < -0.39 is 0 Å². The van der Waals surface area contributed by atoms with Crippen molar-refractivity contribution >= 4 is 17.6 Å². The number of piperidine rings is 1. The molecule has 0 amide bonds. The SMILES string of the molecule is CCOC(=O)C1(CCCl)CCNCC1. The van der Waals surface area contributed by atoms with Crippen LogP contribution in [0, 0.1) is 5.41 Å². The zero-order valence-electron chi connectivity index (χ0n) is 8.64. The normalized spacial score (nSPS) is 20.4. The fourth-order valence-electron chi connectivity index (χ4n) is 1.93. The summed E-state index contributed by atoms with van der Waals surface area (Å²) in [7, 11) is 0. The fourth-order valence-corrected chi connectivity index (χ4v) is 2.29. The van der Waals surface area contributed by atoms with Gasteiger partial charge in [0.15, 0.2) is 0 Å². The number of hydrogen-bond acceptors (Lipinski definition) is 3. The van der Waals surface area contributed by atoms with Crippen molar-refractivity contribution < 1.29 is 9.53 Å². The Morgan fingerprint density at radius 3 is 2.64 bits per heavy atom. The first-order valence-electron chi connectivity index (χ1n) is 5.19. The van der Waals surface area contributed by atoms with Crippen LogP contribution in [0.4, 0.5) is 0 Å². The van der Waals surface area contributed by atoms with E-state index in [0.717, 1.165) is 32.4 Å². The van der Waals surface area contributed by atoms with E-state index in [0.29, 0.717) is 12.5 Å². The van der Waals surface area contributed by atoms with Crippen molar-refractivity contribution in [3.63, 3.8) is 0 Å². The van der Waals surface area contributed by atoms with Crippen LogP contribution in [0.25, 0.3) is 0 Å². The Morgan fingerprint density at radius 2 is 2.14 bits per heavy atom. The van der Waals surface area contributed by atoms with Gasteiger partial charge in [0.2, 0.25) is 0 Å². The highest BCUT2D eigenvalue weighted by Gasteiger charge is 2.40. The van der Waals surface area contributed by atoms with Gasteiger partial charge in [0.25, 0.3) is 0 Å². The van der Waals surface area contributed by atoms with E-state index in [9.17, 15) is 4.79 Å². The molecular weight excluding hydrogens is 202 g/mol. The monoisotopic (exact) mass is 219 g/mol. The highest BCUT2D eigenvalue weighted by molar-refractivity contribution is 6.18. The Morgan fingerprint density at radius 1 is 1.50 bits per heavy atom. The van der Waals surface area contributed by atoms with E-state index >= 15 is 0 Å². The summed E-state index contributed by atoms with van der Waals surface area (Å²) in [6.07, 6.45) is 2.42. The molecule has 1 aliphatic heterocycles. The number of hydrogen-bond donors (Lipinski definition) is 1. The van der Waals surface area contributed by atoms with Crippen LogP contribution in [0.5, 0.6) is 0 Å². The van der Waals surface area contributed by atoms with Crippen LogP contribution in [0.15, 0.2) is 0 Å². The minimum atomic E-state index is -0.316. The number of alkyl halides is 1. The molecule has 1 N–H and O–H groups in total. The van der Waals surface area contributed by atoms with E-state index in [-0.39, 0.29) is 11.4 Å². The topological polar surface area (TPSA) is 38.3 Å². The first-order chi connectivity index (χ1) is 6.75. The van der Waals surface area contributed by atoms with Crippen LogP contribution in [0.3, 0.4) is 0 Å². The van der Waals surface area contributed by atoms with Crippen LogP contribution in [0.1, 0.15) is 26.2 Å². The molecule has 0 radical (unpaired) electrons. The second-order valence-electron chi connectivity index (χ2n) is 3.69. The van der Waals surface area contributed by atoms with Gasteiger partial charge in [-0.25, -0.2) is 0 Å². The molecule has 14 heavy (non-hydrogen) atoms. The molecular formula is C10H18ClNO2. The lowest BCUT2D eigenvalue weighted by atomic mass is 9.77. The molecule has 0 aliphatic carbocycles. The molecule has 1 saturated heterocycles. The van der Waals surface area contributed by atoms with E-state index in [1.807, 2.05) is 6.92 Å². The average Bonchev–Trinajstić information content (AvgIpc) is 2.20. The number of ether oxygens (including phenoxy) is 1. The van der Waals surface area contributed by atoms with Gasteiger partial charge in [-0.2, -0.15) is 0 Å². The Balaban J connectivity index is 2.63. The zero-order chi connectivity index (χ0) is 10.4. The van der Waals surface area contributed by atoms with Gasteiger partial charge in [-0.3, -0.25) is 4.79 Å². The smallest absolute Gasteiger partial charge is 0.312 e. The molecule has 0 bridgehead atoms. The lowest BCUT2D eigenvalue weighted by Crippen LogP contribution is -2.43. The summed E-state index contributed by atoms with van der Waals surface area (Å²) >= 11 is 5.74. The standard InChI is InChI=1S/C10H18ClNO2/c1-2-14-9(13)10(3-6-11)4-7-12-8-5-10/h12H,2-8H2,1H3. The molecule has 1 aliphatic rings. The second-order valence-corrected chi connectivity index (χ2v) is 4.07. The number of carbonyl (C=O) groups is 1. The van der Waals surface area contributed by atoms with Gasteiger partial charge in [0.05, 0.1) is 12.0 Å². The van der Waals surface area contributed by atoms with Gasteiger partial charge in [0.1, 0.15) is 0 Å². The van der Waals surface area contributed by atoms with Crippen LogP contribution in [-0.4, -0.2) is 31.5 Å². The summed E-state index contributed by atoms with van der Waals surface area (Å²) in [6.45, 7) is 4.06. The molecule has 0 aromatic carbocycles. The number of rotatable bonds is 4. The average molecular weight is 220 g/mol. The zero-order valence-corrected chi connectivity index (χ0v) is 9.40. The molecule has 0 atom stereocenters. The van der Waals surface area contributed by atoms with E-state index in [1.54, 1.807) is 0 Å². The Hall–Kier alpha value is -0.280. The first kappa shape index (κ1) is 11.8. The second kappa shape index (κ2) is 5.56. The highest BCUT2D eigenvalue weighted by atomic mass is 35.5. The van der Waals surface area contributed by atoms with Crippen LogP contribution < -0.4 is 5.32 Å². The molecule has 0 saturated carbocycles. The summed E-state index contributed by atoms with van der Waals surface area (Å²) in [4.78, 5) is 11.8. The quantitative estimate of drug-likeness (QED) is 0.576. The van der Waals surface area contributed by atoms with Gasteiger partial charge in [-0.05, 0) is 39.3 Å².